The number of anilines is 2. The first-order valence-electron chi connectivity index (χ1n) is 11.7. The summed E-state index contributed by atoms with van der Waals surface area (Å²) in [5.74, 6) is -0.786. The summed E-state index contributed by atoms with van der Waals surface area (Å²) < 4.78 is 25.9. The van der Waals surface area contributed by atoms with Gasteiger partial charge in [0.15, 0.2) is 0 Å². The summed E-state index contributed by atoms with van der Waals surface area (Å²) in [6, 6.07) is 21.3. The van der Waals surface area contributed by atoms with Gasteiger partial charge in [0.25, 0.3) is 0 Å². The number of benzene rings is 3. The van der Waals surface area contributed by atoms with Crippen LogP contribution in [0.4, 0.5) is 30.1 Å². The van der Waals surface area contributed by atoms with Gasteiger partial charge < -0.3 is 19.5 Å². The monoisotopic (exact) mass is 507 g/mol. The van der Waals surface area contributed by atoms with Gasteiger partial charge in [-0.05, 0) is 35.7 Å². The first-order valence-corrected chi connectivity index (χ1v) is 11.7. The number of amides is 3. The van der Waals surface area contributed by atoms with E-state index in [2.05, 4.69) is 5.32 Å². The first kappa shape index (κ1) is 25.5. The molecule has 1 saturated heterocycles. The van der Waals surface area contributed by atoms with E-state index in [1.165, 1.54) is 17.0 Å². The molecule has 4 rings (SSSR count). The minimum absolute atomic E-state index is 0.0149. The minimum atomic E-state index is -1.12. The molecular weight excluding hydrogens is 481 g/mol. The highest BCUT2D eigenvalue weighted by atomic mass is 19.1. The van der Waals surface area contributed by atoms with Crippen LogP contribution >= 0.6 is 0 Å². The van der Waals surface area contributed by atoms with Crippen molar-refractivity contribution < 1.29 is 33.4 Å². The van der Waals surface area contributed by atoms with Gasteiger partial charge >= 0.3 is 18.3 Å². The molecule has 10 heteroatoms. The molecule has 0 aromatic heterocycles. The van der Waals surface area contributed by atoms with Crippen LogP contribution in [0.15, 0.2) is 78.9 Å². The van der Waals surface area contributed by atoms with E-state index in [1.807, 2.05) is 36.4 Å². The number of ether oxygens (including phenoxy) is 2. The number of hydrogen-bond acceptors (Lipinski definition) is 5. The van der Waals surface area contributed by atoms with E-state index in [-0.39, 0.29) is 37.7 Å². The molecule has 0 aliphatic carbocycles. The number of hydrogen-bond donors (Lipinski definition) is 2. The molecule has 0 spiro atoms. The van der Waals surface area contributed by atoms with Crippen molar-refractivity contribution in [1.29, 1.82) is 0 Å². The van der Waals surface area contributed by atoms with Gasteiger partial charge in [-0.2, -0.15) is 0 Å². The summed E-state index contributed by atoms with van der Waals surface area (Å²) in [5, 5.41) is 11.8. The summed E-state index contributed by atoms with van der Waals surface area (Å²) >= 11 is 0. The summed E-state index contributed by atoms with van der Waals surface area (Å²) in [7, 11) is 0. The topological polar surface area (TPSA) is 108 Å². The molecule has 0 unspecified atom stereocenters. The number of nitrogens with one attached hydrogen (secondary N) is 1. The average molecular weight is 508 g/mol. The third kappa shape index (κ3) is 6.75. The standard InChI is InChI=1S/C27H26FN3O6/c28-23-15-21(29-25(32)36-17-19-7-3-1-4-8-19)11-12-24(23)31(22-13-14-30(16-22)26(33)34)27(35)37-18-20-9-5-2-6-10-20/h1-12,15,22H,13-14,16-18H2,(H,29,32)(H,33,34)/t22-/m1/s1. The maximum atomic E-state index is 15.3. The lowest BCUT2D eigenvalue weighted by atomic mass is 10.1. The lowest BCUT2D eigenvalue weighted by Gasteiger charge is -2.28. The predicted molar refractivity (Wildman–Crippen MR) is 134 cm³/mol. The smallest absolute Gasteiger partial charge is 0.415 e. The largest absolute Gasteiger partial charge is 0.465 e. The van der Waals surface area contributed by atoms with Crippen LogP contribution < -0.4 is 10.2 Å². The Morgan fingerprint density at radius 3 is 2.14 bits per heavy atom. The third-order valence-corrected chi connectivity index (χ3v) is 5.87. The van der Waals surface area contributed by atoms with Crippen LogP contribution in [-0.4, -0.2) is 47.4 Å². The Balaban J connectivity index is 1.47. The molecule has 1 heterocycles. The Morgan fingerprint density at radius 1 is 0.946 bits per heavy atom. The zero-order chi connectivity index (χ0) is 26.2. The van der Waals surface area contributed by atoms with Crippen molar-refractivity contribution in [3.8, 4) is 0 Å². The van der Waals surface area contributed by atoms with Gasteiger partial charge in [0, 0.05) is 18.8 Å². The van der Waals surface area contributed by atoms with Crippen LogP contribution in [-0.2, 0) is 22.7 Å². The molecule has 3 aromatic rings. The molecule has 2 N–H and O–H groups in total. The molecule has 0 saturated carbocycles. The lowest BCUT2D eigenvalue weighted by Crippen LogP contribution is -2.43. The SMILES string of the molecule is O=C(Nc1ccc(N(C(=O)OCc2ccccc2)[C@@H]2CCN(C(=O)O)C2)c(F)c1)OCc1ccccc1. The molecule has 37 heavy (non-hydrogen) atoms. The predicted octanol–water partition coefficient (Wildman–Crippen LogP) is 5.47. The summed E-state index contributed by atoms with van der Waals surface area (Å²) in [5.41, 5.74) is 1.60. The van der Waals surface area contributed by atoms with Gasteiger partial charge in [-0.1, -0.05) is 60.7 Å². The van der Waals surface area contributed by atoms with Crippen LogP contribution in [0.2, 0.25) is 0 Å². The molecule has 1 atom stereocenters. The second kappa shape index (κ2) is 11.9. The molecule has 0 radical (unpaired) electrons. The Hall–Kier alpha value is -4.60. The van der Waals surface area contributed by atoms with Crippen LogP contribution in [0.1, 0.15) is 17.5 Å². The highest BCUT2D eigenvalue weighted by molar-refractivity contribution is 5.90. The number of carboxylic acid groups (broad SMARTS) is 1. The maximum Gasteiger partial charge on any atom is 0.415 e. The Bertz CT molecular complexity index is 1240. The van der Waals surface area contributed by atoms with E-state index in [1.54, 1.807) is 24.3 Å². The van der Waals surface area contributed by atoms with Crippen molar-refractivity contribution >= 4 is 29.7 Å². The number of carbonyl (C=O) groups is 3. The van der Waals surface area contributed by atoms with E-state index < -0.39 is 30.1 Å². The number of nitrogens with zero attached hydrogens (tertiary/aromatic N) is 2. The van der Waals surface area contributed by atoms with Gasteiger partial charge in [0.1, 0.15) is 19.0 Å². The highest BCUT2D eigenvalue weighted by Gasteiger charge is 2.36. The van der Waals surface area contributed by atoms with Crippen molar-refractivity contribution in [3.63, 3.8) is 0 Å². The Morgan fingerprint density at radius 2 is 1.57 bits per heavy atom. The quantitative estimate of drug-likeness (QED) is 0.439. The second-order valence-electron chi connectivity index (χ2n) is 8.43. The Labute approximate surface area is 213 Å². The van der Waals surface area contributed by atoms with Gasteiger partial charge in [0.05, 0.1) is 11.7 Å². The molecule has 1 aliphatic heterocycles. The molecule has 192 valence electrons. The van der Waals surface area contributed by atoms with Gasteiger partial charge in [0.2, 0.25) is 0 Å². The summed E-state index contributed by atoms with van der Waals surface area (Å²) in [6.45, 7) is 0.244. The third-order valence-electron chi connectivity index (χ3n) is 5.87. The highest BCUT2D eigenvalue weighted by Crippen LogP contribution is 2.29. The number of halogens is 1. The molecule has 1 aliphatic rings. The zero-order valence-electron chi connectivity index (χ0n) is 19.9. The minimum Gasteiger partial charge on any atom is -0.465 e. The van der Waals surface area contributed by atoms with E-state index in [0.717, 1.165) is 22.1 Å². The van der Waals surface area contributed by atoms with Crippen molar-refractivity contribution in [2.24, 2.45) is 0 Å². The molecule has 0 bridgehead atoms. The fourth-order valence-electron chi connectivity index (χ4n) is 4.02. The van der Waals surface area contributed by atoms with Crippen molar-refractivity contribution in [1.82, 2.24) is 4.90 Å². The van der Waals surface area contributed by atoms with E-state index in [4.69, 9.17) is 9.47 Å². The normalized spacial score (nSPS) is 14.6. The van der Waals surface area contributed by atoms with Crippen molar-refractivity contribution in [2.75, 3.05) is 23.3 Å². The summed E-state index contributed by atoms with van der Waals surface area (Å²) in [4.78, 5) is 39.0. The molecule has 3 amide bonds. The number of carbonyl (C=O) groups excluding carboxylic acids is 2. The first-order chi connectivity index (χ1) is 17.9. The molecule has 1 fully saturated rings. The molecule has 9 nitrogen and oxygen atoms in total. The second-order valence-corrected chi connectivity index (χ2v) is 8.43. The van der Waals surface area contributed by atoms with Crippen molar-refractivity contribution in [2.45, 2.75) is 25.7 Å². The van der Waals surface area contributed by atoms with E-state index in [9.17, 15) is 19.5 Å². The molecular formula is C27H26FN3O6. The lowest BCUT2D eigenvalue weighted by molar-refractivity contribution is 0.142. The van der Waals surface area contributed by atoms with Gasteiger partial charge in [-0.3, -0.25) is 10.2 Å². The van der Waals surface area contributed by atoms with Gasteiger partial charge in [-0.15, -0.1) is 0 Å². The maximum absolute atomic E-state index is 15.3. The number of rotatable bonds is 7. The van der Waals surface area contributed by atoms with Crippen LogP contribution in [0.25, 0.3) is 0 Å². The van der Waals surface area contributed by atoms with E-state index in [0.29, 0.717) is 6.42 Å². The number of likely N-dealkylation sites (tertiary alicyclic amines) is 1. The molecule has 3 aromatic carbocycles. The van der Waals surface area contributed by atoms with Crippen LogP contribution in [0.5, 0.6) is 0 Å². The van der Waals surface area contributed by atoms with Crippen LogP contribution in [0, 0.1) is 5.82 Å². The zero-order valence-corrected chi connectivity index (χ0v) is 19.9. The fourth-order valence-corrected chi connectivity index (χ4v) is 4.02. The van der Waals surface area contributed by atoms with Gasteiger partial charge in [-0.25, -0.2) is 18.8 Å². The fraction of sp³-hybridized carbons (Fsp3) is 0.222. The van der Waals surface area contributed by atoms with Crippen molar-refractivity contribution in [3.05, 3.63) is 95.8 Å². The Kier molecular flexibility index (Phi) is 8.19. The van der Waals surface area contributed by atoms with E-state index >= 15 is 4.39 Å². The summed E-state index contributed by atoms with van der Waals surface area (Å²) in [6.07, 6.45) is -2.36. The average Bonchev–Trinajstić information content (AvgIpc) is 3.39. The van der Waals surface area contributed by atoms with Crippen LogP contribution in [0.3, 0.4) is 0 Å².